The molecular weight excluding hydrogens is 385 g/mol. The first-order valence-electron chi connectivity index (χ1n) is 9.16. The minimum Gasteiger partial charge on any atom is -0.452 e. The fraction of sp³-hybridized carbons (Fsp3) is 0.450. The zero-order chi connectivity index (χ0) is 20.8. The highest BCUT2D eigenvalue weighted by Crippen LogP contribution is 2.24. The summed E-state index contributed by atoms with van der Waals surface area (Å²) in [6.07, 6.45) is 1.85. The van der Waals surface area contributed by atoms with Gasteiger partial charge in [-0.05, 0) is 56.9 Å². The van der Waals surface area contributed by atoms with Gasteiger partial charge in [0, 0.05) is 6.04 Å². The molecule has 0 saturated carbocycles. The number of nitrogens with one attached hydrogen (secondary N) is 1. The molecule has 0 aliphatic heterocycles. The van der Waals surface area contributed by atoms with Crippen LogP contribution < -0.4 is 5.32 Å². The Hall–Kier alpha value is -2.41. The molecule has 0 aliphatic carbocycles. The Morgan fingerprint density at radius 2 is 1.86 bits per heavy atom. The van der Waals surface area contributed by atoms with Gasteiger partial charge in [-0.15, -0.1) is 0 Å². The molecule has 0 radical (unpaired) electrons. The van der Waals surface area contributed by atoms with Gasteiger partial charge in [-0.3, -0.25) is 4.79 Å². The molecule has 6 nitrogen and oxygen atoms in total. The van der Waals surface area contributed by atoms with E-state index in [4.69, 9.17) is 16.3 Å². The number of nitrogens with zero attached hydrogens (tertiary/aromatic N) is 2. The average Bonchev–Trinajstić information content (AvgIpc) is 2.93. The molecule has 152 valence electrons. The van der Waals surface area contributed by atoms with E-state index in [-0.39, 0.29) is 22.7 Å². The monoisotopic (exact) mass is 409 g/mol. The number of hydrogen-bond donors (Lipinski definition) is 1. The predicted octanol–water partition coefficient (Wildman–Crippen LogP) is 4.07. The number of carbonyl (C=O) groups excluding carboxylic acids is 2. The van der Waals surface area contributed by atoms with Crippen molar-refractivity contribution < 1.29 is 18.7 Å². The summed E-state index contributed by atoms with van der Waals surface area (Å²) < 4.78 is 19.5. The second kappa shape index (κ2) is 9.68. The smallest absolute Gasteiger partial charge is 0.343 e. The van der Waals surface area contributed by atoms with Crippen LogP contribution in [0.2, 0.25) is 5.15 Å². The van der Waals surface area contributed by atoms with Crippen molar-refractivity contribution in [2.24, 2.45) is 5.92 Å². The number of halogens is 2. The molecule has 28 heavy (non-hydrogen) atoms. The Bertz CT molecular complexity index is 834. The van der Waals surface area contributed by atoms with Gasteiger partial charge in [-0.2, -0.15) is 5.10 Å². The highest BCUT2D eigenvalue weighted by atomic mass is 35.5. The van der Waals surface area contributed by atoms with E-state index in [9.17, 15) is 14.0 Å². The molecule has 0 spiro atoms. The molecule has 1 N–H and O–H groups in total. The van der Waals surface area contributed by atoms with Crippen LogP contribution in [0, 0.1) is 18.7 Å². The molecule has 1 atom stereocenters. The summed E-state index contributed by atoms with van der Waals surface area (Å²) in [6.45, 7) is 7.36. The number of rotatable bonds is 8. The number of amides is 1. The van der Waals surface area contributed by atoms with Crippen LogP contribution in [0.4, 0.5) is 4.39 Å². The van der Waals surface area contributed by atoms with E-state index < -0.39 is 18.4 Å². The number of carbonyl (C=O) groups is 2. The lowest BCUT2D eigenvalue weighted by molar-refractivity contribution is -0.124. The van der Waals surface area contributed by atoms with Crippen LogP contribution in [0.25, 0.3) is 5.69 Å². The topological polar surface area (TPSA) is 73.2 Å². The first-order chi connectivity index (χ1) is 13.2. The second-order valence-electron chi connectivity index (χ2n) is 7.16. The molecule has 2 aromatic rings. The molecular formula is C20H25ClFN3O3. The summed E-state index contributed by atoms with van der Waals surface area (Å²) in [7, 11) is 0. The van der Waals surface area contributed by atoms with Gasteiger partial charge < -0.3 is 10.1 Å². The summed E-state index contributed by atoms with van der Waals surface area (Å²) in [5.41, 5.74) is 0.932. The number of esters is 1. The van der Waals surface area contributed by atoms with E-state index in [0.29, 0.717) is 17.3 Å². The molecule has 1 heterocycles. The van der Waals surface area contributed by atoms with Crippen molar-refractivity contribution in [3.05, 3.63) is 46.5 Å². The van der Waals surface area contributed by atoms with Gasteiger partial charge in [0.2, 0.25) is 0 Å². The summed E-state index contributed by atoms with van der Waals surface area (Å²) in [5, 5.41) is 7.05. The van der Waals surface area contributed by atoms with Crippen LogP contribution in [0.3, 0.4) is 0 Å². The molecule has 1 aromatic carbocycles. The largest absolute Gasteiger partial charge is 0.452 e. The molecule has 0 aliphatic rings. The second-order valence-corrected chi connectivity index (χ2v) is 7.51. The standard InChI is InChI=1S/C20H25ClFN3O3/c1-12(2)5-6-13(3)23-17(26)11-28-20(27)18-14(4)24-25(19(18)21)16-9-7-15(22)8-10-16/h7-10,12-13H,5-6,11H2,1-4H3,(H,23,26)/t13-/m1/s1. The normalized spacial score (nSPS) is 12.1. The van der Waals surface area contributed by atoms with Gasteiger partial charge in [-0.25, -0.2) is 13.9 Å². The maximum atomic E-state index is 13.1. The molecule has 0 saturated heterocycles. The van der Waals surface area contributed by atoms with Crippen molar-refractivity contribution in [1.82, 2.24) is 15.1 Å². The van der Waals surface area contributed by atoms with Crippen LogP contribution in [-0.2, 0) is 9.53 Å². The van der Waals surface area contributed by atoms with Gasteiger partial charge in [0.25, 0.3) is 5.91 Å². The highest BCUT2D eigenvalue weighted by molar-refractivity contribution is 6.33. The minimum atomic E-state index is -0.735. The number of aryl methyl sites for hydroxylation is 1. The van der Waals surface area contributed by atoms with E-state index in [0.717, 1.165) is 12.8 Å². The number of ether oxygens (including phenoxy) is 1. The Balaban J connectivity index is 1.99. The third kappa shape index (κ3) is 5.79. The predicted molar refractivity (Wildman–Crippen MR) is 105 cm³/mol. The van der Waals surface area contributed by atoms with Crippen LogP contribution in [0.15, 0.2) is 24.3 Å². The lowest BCUT2D eigenvalue weighted by Gasteiger charge is -2.15. The first-order valence-corrected chi connectivity index (χ1v) is 9.54. The van der Waals surface area contributed by atoms with E-state index in [1.54, 1.807) is 6.92 Å². The van der Waals surface area contributed by atoms with Crippen molar-refractivity contribution in [1.29, 1.82) is 0 Å². The van der Waals surface area contributed by atoms with E-state index in [1.165, 1.54) is 28.9 Å². The van der Waals surface area contributed by atoms with Crippen molar-refractivity contribution in [3.8, 4) is 5.69 Å². The minimum absolute atomic E-state index is 0.000141. The third-order valence-electron chi connectivity index (χ3n) is 4.20. The average molecular weight is 410 g/mol. The van der Waals surface area contributed by atoms with Gasteiger partial charge in [0.05, 0.1) is 11.4 Å². The quantitative estimate of drug-likeness (QED) is 0.667. The summed E-state index contributed by atoms with van der Waals surface area (Å²) >= 11 is 6.27. The van der Waals surface area contributed by atoms with Crippen LogP contribution in [0.5, 0.6) is 0 Å². The van der Waals surface area contributed by atoms with Crippen LogP contribution in [0.1, 0.15) is 49.7 Å². The molecule has 1 aromatic heterocycles. The van der Waals surface area contributed by atoms with Gasteiger partial charge >= 0.3 is 5.97 Å². The van der Waals surface area contributed by atoms with Gasteiger partial charge in [-0.1, -0.05) is 25.4 Å². The Morgan fingerprint density at radius 3 is 2.46 bits per heavy atom. The number of benzene rings is 1. The summed E-state index contributed by atoms with van der Waals surface area (Å²) in [5.74, 6) is -0.942. The highest BCUT2D eigenvalue weighted by Gasteiger charge is 2.23. The number of hydrogen-bond acceptors (Lipinski definition) is 4. The lowest BCUT2D eigenvalue weighted by Crippen LogP contribution is -2.36. The molecule has 8 heteroatoms. The Labute approximate surface area is 169 Å². The SMILES string of the molecule is Cc1nn(-c2ccc(F)cc2)c(Cl)c1C(=O)OCC(=O)N[C@H](C)CCC(C)C. The van der Waals surface area contributed by atoms with Crippen molar-refractivity contribution in [3.63, 3.8) is 0 Å². The van der Waals surface area contributed by atoms with Crippen molar-refractivity contribution in [2.75, 3.05) is 6.61 Å². The van der Waals surface area contributed by atoms with E-state index in [1.807, 2.05) is 6.92 Å². The summed E-state index contributed by atoms with van der Waals surface area (Å²) in [6, 6.07) is 5.53. The van der Waals surface area contributed by atoms with Crippen molar-refractivity contribution >= 4 is 23.5 Å². The van der Waals surface area contributed by atoms with Gasteiger partial charge in [0.15, 0.2) is 6.61 Å². The lowest BCUT2D eigenvalue weighted by atomic mass is 10.0. The zero-order valence-electron chi connectivity index (χ0n) is 16.5. The number of aromatic nitrogens is 2. The third-order valence-corrected chi connectivity index (χ3v) is 4.55. The first kappa shape index (κ1) is 21.9. The van der Waals surface area contributed by atoms with E-state index in [2.05, 4.69) is 24.3 Å². The van der Waals surface area contributed by atoms with Crippen LogP contribution in [-0.4, -0.2) is 34.3 Å². The molecule has 0 fully saturated rings. The fourth-order valence-electron chi connectivity index (χ4n) is 2.66. The molecule has 2 rings (SSSR count). The Kier molecular flexibility index (Phi) is 7.57. The molecule has 0 unspecified atom stereocenters. The summed E-state index contributed by atoms with van der Waals surface area (Å²) in [4.78, 5) is 24.4. The van der Waals surface area contributed by atoms with Crippen molar-refractivity contribution in [2.45, 2.75) is 46.6 Å². The van der Waals surface area contributed by atoms with Crippen LogP contribution >= 0.6 is 11.6 Å². The molecule has 0 bridgehead atoms. The maximum absolute atomic E-state index is 13.1. The Morgan fingerprint density at radius 1 is 1.21 bits per heavy atom. The molecule has 1 amide bonds. The van der Waals surface area contributed by atoms with Gasteiger partial charge in [0.1, 0.15) is 16.5 Å². The van der Waals surface area contributed by atoms with E-state index >= 15 is 0 Å². The fourth-order valence-corrected chi connectivity index (χ4v) is 3.01. The maximum Gasteiger partial charge on any atom is 0.343 e. The zero-order valence-corrected chi connectivity index (χ0v) is 17.2.